The average molecular weight is 291 g/mol. The normalized spacial score (nSPS) is 17.6. The minimum Gasteiger partial charge on any atom is -0.484 e. The van der Waals surface area contributed by atoms with E-state index in [-0.39, 0.29) is 12.2 Å². The highest BCUT2D eigenvalue weighted by atomic mass is 35.5. The lowest BCUT2D eigenvalue weighted by Crippen LogP contribution is -2.20. The van der Waals surface area contributed by atoms with Gasteiger partial charge in [0.05, 0.1) is 12.0 Å². The Bertz CT molecular complexity index is 677. The molecule has 20 heavy (non-hydrogen) atoms. The summed E-state index contributed by atoms with van der Waals surface area (Å²) in [6, 6.07) is 9.67. The van der Waals surface area contributed by atoms with E-state index in [1.807, 2.05) is 19.1 Å². The van der Waals surface area contributed by atoms with E-state index < -0.39 is 11.9 Å². The first-order valence-corrected chi connectivity index (χ1v) is 6.67. The van der Waals surface area contributed by atoms with Crippen molar-refractivity contribution in [2.75, 3.05) is 0 Å². The number of aryl methyl sites for hydroxylation is 1. The van der Waals surface area contributed by atoms with Crippen molar-refractivity contribution in [1.29, 1.82) is 0 Å². The fraction of sp³-hybridized carbons (Fsp3) is 0.188. The highest BCUT2D eigenvalue weighted by molar-refractivity contribution is 6.30. The third kappa shape index (κ3) is 2.41. The van der Waals surface area contributed by atoms with E-state index in [1.165, 1.54) is 12.1 Å². The van der Waals surface area contributed by atoms with Crippen LogP contribution in [0.2, 0.25) is 5.02 Å². The summed E-state index contributed by atoms with van der Waals surface area (Å²) in [5, 5.41) is 0.297. The average Bonchev–Trinajstić information content (AvgIpc) is 2.38. The van der Waals surface area contributed by atoms with Crippen LogP contribution in [0.5, 0.6) is 5.75 Å². The molecular formula is C16H12ClFO2. The maximum atomic E-state index is 13.4. The Morgan fingerprint density at radius 1 is 1.25 bits per heavy atom. The second kappa shape index (κ2) is 4.91. The number of carbonyl (C=O) groups is 1. The molecule has 0 saturated carbocycles. The van der Waals surface area contributed by atoms with Crippen molar-refractivity contribution in [1.82, 2.24) is 0 Å². The highest BCUT2D eigenvalue weighted by Crippen LogP contribution is 2.36. The molecule has 0 saturated heterocycles. The minimum atomic E-state index is -0.495. The lowest BCUT2D eigenvalue weighted by atomic mass is 9.95. The maximum Gasteiger partial charge on any atom is 0.170 e. The van der Waals surface area contributed by atoms with E-state index in [1.54, 1.807) is 12.1 Å². The van der Waals surface area contributed by atoms with Crippen LogP contribution in [0.1, 0.15) is 34.0 Å². The summed E-state index contributed by atoms with van der Waals surface area (Å²) in [7, 11) is 0. The zero-order chi connectivity index (χ0) is 14.3. The number of ketones is 1. The van der Waals surface area contributed by atoms with Crippen LogP contribution < -0.4 is 4.74 Å². The molecule has 0 N–H and O–H groups in total. The topological polar surface area (TPSA) is 26.3 Å². The highest BCUT2D eigenvalue weighted by Gasteiger charge is 2.28. The Hall–Kier alpha value is -1.87. The molecule has 0 radical (unpaired) electrons. The number of benzene rings is 2. The quantitative estimate of drug-likeness (QED) is 0.773. The van der Waals surface area contributed by atoms with E-state index in [4.69, 9.17) is 16.3 Å². The first kappa shape index (κ1) is 13.1. The second-order valence-corrected chi connectivity index (χ2v) is 5.37. The van der Waals surface area contributed by atoms with Crippen molar-refractivity contribution in [3.63, 3.8) is 0 Å². The zero-order valence-corrected chi connectivity index (χ0v) is 11.6. The molecule has 3 rings (SSSR count). The molecule has 0 aliphatic carbocycles. The van der Waals surface area contributed by atoms with Crippen molar-refractivity contribution >= 4 is 17.4 Å². The number of ether oxygens (including phenoxy) is 1. The van der Waals surface area contributed by atoms with Gasteiger partial charge in [0.15, 0.2) is 5.78 Å². The fourth-order valence-corrected chi connectivity index (χ4v) is 2.61. The smallest absolute Gasteiger partial charge is 0.170 e. The Balaban J connectivity index is 1.99. The van der Waals surface area contributed by atoms with Crippen LogP contribution in [0, 0.1) is 12.7 Å². The monoisotopic (exact) mass is 290 g/mol. The number of hydrogen-bond acceptors (Lipinski definition) is 2. The molecule has 0 bridgehead atoms. The Labute approximate surface area is 121 Å². The van der Waals surface area contributed by atoms with Gasteiger partial charge >= 0.3 is 0 Å². The molecule has 102 valence electrons. The van der Waals surface area contributed by atoms with Gasteiger partial charge in [0, 0.05) is 5.02 Å². The van der Waals surface area contributed by atoms with Gasteiger partial charge in [0.25, 0.3) is 0 Å². The van der Waals surface area contributed by atoms with Crippen LogP contribution >= 0.6 is 11.6 Å². The first-order valence-electron chi connectivity index (χ1n) is 6.29. The third-order valence-electron chi connectivity index (χ3n) is 3.33. The zero-order valence-electron chi connectivity index (χ0n) is 10.8. The molecule has 0 fully saturated rings. The van der Waals surface area contributed by atoms with Crippen LogP contribution in [-0.2, 0) is 0 Å². The summed E-state index contributed by atoms with van der Waals surface area (Å²) in [6.07, 6.45) is -0.304. The Morgan fingerprint density at radius 2 is 2.05 bits per heavy atom. The molecule has 1 atom stereocenters. The largest absolute Gasteiger partial charge is 0.484 e. The van der Waals surface area contributed by atoms with Gasteiger partial charge in [-0.2, -0.15) is 0 Å². The second-order valence-electron chi connectivity index (χ2n) is 4.94. The van der Waals surface area contributed by atoms with Crippen LogP contribution in [-0.4, -0.2) is 5.78 Å². The Kier molecular flexibility index (Phi) is 3.22. The van der Waals surface area contributed by atoms with Crippen molar-refractivity contribution in [3.8, 4) is 5.75 Å². The summed E-state index contributed by atoms with van der Waals surface area (Å²) in [5.74, 6) is 0.107. The van der Waals surface area contributed by atoms with Crippen molar-refractivity contribution in [2.45, 2.75) is 19.4 Å². The molecule has 1 heterocycles. The standard InChI is InChI=1S/C16H12ClFO2/c1-9-2-3-15-13(4-9)14(19)8-16(20-15)10-5-11(17)7-12(18)6-10/h2-7,16H,8H2,1H3. The SMILES string of the molecule is Cc1ccc2c(c1)C(=O)CC(c1cc(F)cc(Cl)c1)O2. The summed E-state index contributed by atoms with van der Waals surface area (Å²) >= 11 is 5.85. The van der Waals surface area contributed by atoms with E-state index in [0.717, 1.165) is 5.56 Å². The molecule has 2 aromatic rings. The molecule has 2 nitrogen and oxygen atoms in total. The summed E-state index contributed by atoms with van der Waals surface area (Å²) in [6.45, 7) is 1.92. The summed E-state index contributed by atoms with van der Waals surface area (Å²) in [5.41, 5.74) is 2.17. The molecule has 1 aliphatic heterocycles. The van der Waals surface area contributed by atoms with Gasteiger partial charge in [-0.15, -0.1) is 0 Å². The van der Waals surface area contributed by atoms with Crippen LogP contribution in [0.3, 0.4) is 0 Å². The van der Waals surface area contributed by atoms with Crippen molar-refractivity contribution < 1.29 is 13.9 Å². The molecule has 1 aliphatic rings. The van der Waals surface area contributed by atoms with Crippen molar-refractivity contribution in [2.24, 2.45) is 0 Å². The third-order valence-corrected chi connectivity index (χ3v) is 3.55. The van der Waals surface area contributed by atoms with Crippen LogP contribution in [0.25, 0.3) is 0 Å². The fourth-order valence-electron chi connectivity index (χ4n) is 2.38. The van der Waals surface area contributed by atoms with Crippen LogP contribution in [0.15, 0.2) is 36.4 Å². The number of Topliss-reactive ketones (excluding diaryl/α,β-unsaturated/α-hetero) is 1. The summed E-state index contributed by atoms with van der Waals surface area (Å²) in [4.78, 5) is 12.2. The maximum absolute atomic E-state index is 13.4. The van der Waals surface area contributed by atoms with E-state index in [9.17, 15) is 9.18 Å². The molecule has 0 amide bonds. The predicted molar refractivity (Wildman–Crippen MR) is 74.9 cm³/mol. The number of fused-ring (bicyclic) bond motifs is 1. The van der Waals surface area contributed by atoms with Gasteiger partial charge in [0.2, 0.25) is 0 Å². The molecule has 1 unspecified atom stereocenters. The van der Waals surface area contributed by atoms with Gasteiger partial charge in [-0.05, 0) is 42.8 Å². The summed E-state index contributed by atoms with van der Waals surface area (Å²) < 4.78 is 19.2. The number of hydrogen-bond donors (Lipinski definition) is 0. The first-order chi connectivity index (χ1) is 9.52. The van der Waals surface area contributed by atoms with E-state index in [2.05, 4.69) is 0 Å². The molecule has 4 heteroatoms. The van der Waals surface area contributed by atoms with Gasteiger partial charge in [0.1, 0.15) is 17.7 Å². The predicted octanol–water partition coefficient (Wildman–Crippen LogP) is 4.49. The number of halogens is 2. The molecule has 0 aromatic heterocycles. The number of rotatable bonds is 1. The van der Waals surface area contributed by atoms with Gasteiger partial charge in [-0.1, -0.05) is 23.2 Å². The van der Waals surface area contributed by atoms with Gasteiger partial charge in [-0.3, -0.25) is 4.79 Å². The van der Waals surface area contributed by atoms with Gasteiger partial charge < -0.3 is 4.74 Å². The lowest BCUT2D eigenvalue weighted by molar-refractivity contribution is 0.0849. The van der Waals surface area contributed by atoms with Crippen LogP contribution in [0.4, 0.5) is 4.39 Å². The Morgan fingerprint density at radius 3 is 2.80 bits per heavy atom. The van der Waals surface area contributed by atoms with E-state index in [0.29, 0.717) is 21.9 Å². The molecular weight excluding hydrogens is 279 g/mol. The van der Waals surface area contributed by atoms with Gasteiger partial charge in [-0.25, -0.2) is 4.39 Å². The van der Waals surface area contributed by atoms with Crippen molar-refractivity contribution in [3.05, 3.63) is 63.9 Å². The molecule has 0 spiro atoms. The van der Waals surface area contributed by atoms with E-state index >= 15 is 0 Å². The molecule has 2 aromatic carbocycles. The minimum absolute atomic E-state index is 0.000309. The lowest BCUT2D eigenvalue weighted by Gasteiger charge is -2.26. The number of carbonyl (C=O) groups excluding carboxylic acids is 1.